The SMILES string of the molecule is CCCN1CCN(Cc2ccccc2O)C[C@H](Cc2ccccc2-c2cccnc2)C1=O. The van der Waals surface area contributed by atoms with Gasteiger partial charge in [0, 0.05) is 56.2 Å². The Morgan fingerprint density at radius 3 is 2.53 bits per heavy atom. The minimum atomic E-state index is -0.132. The van der Waals surface area contributed by atoms with Crippen LogP contribution in [-0.4, -0.2) is 52.0 Å². The molecule has 1 aromatic heterocycles. The van der Waals surface area contributed by atoms with E-state index in [2.05, 4.69) is 35.0 Å². The maximum absolute atomic E-state index is 13.5. The summed E-state index contributed by atoms with van der Waals surface area (Å²) in [4.78, 5) is 22.1. The minimum Gasteiger partial charge on any atom is -0.508 e. The lowest BCUT2D eigenvalue weighted by Gasteiger charge is -2.25. The standard InChI is InChI=1S/C27H31N3O2/c1-2-14-30-16-15-29(19-23-9-4-6-12-26(23)31)20-24(27(30)32)17-21-8-3-5-11-25(21)22-10-7-13-28-18-22/h3-13,18,24,31H,2,14-17,19-20H2,1H3/t24-/m0/s1. The molecule has 0 saturated carbocycles. The molecule has 1 fully saturated rings. The molecule has 4 rings (SSSR count). The molecule has 0 bridgehead atoms. The molecule has 3 aromatic rings. The Hall–Kier alpha value is -3.18. The number of hydrogen-bond donors (Lipinski definition) is 1. The van der Waals surface area contributed by atoms with Gasteiger partial charge in [-0.25, -0.2) is 0 Å². The number of hydrogen-bond acceptors (Lipinski definition) is 4. The molecule has 5 heteroatoms. The number of nitrogens with zero attached hydrogens (tertiary/aromatic N) is 3. The van der Waals surface area contributed by atoms with Gasteiger partial charge in [0.2, 0.25) is 5.91 Å². The number of aromatic hydroxyl groups is 1. The van der Waals surface area contributed by atoms with Crippen LogP contribution in [0.25, 0.3) is 11.1 Å². The van der Waals surface area contributed by atoms with Gasteiger partial charge in [-0.1, -0.05) is 55.5 Å². The maximum atomic E-state index is 13.5. The van der Waals surface area contributed by atoms with Crippen molar-refractivity contribution >= 4 is 5.91 Å². The largest absolute Gasteiger partial charge is 0.508 e. The van der Waals surface area contributed by atoms with E-state index in [1.54, 1.807) is 12.3 Å². The van der Waals surface area contributed by atoms with Crippen molar-refractivity contribution < 1.29 is 9.90 Å². The van der Waals surface area contributed by atoms with Gasteiger partial charge in [-0.2, -0.15) is 0 Å². The summed E-state index contributed by atoms with van der Waals surface area (Å²) in [5.74, 6) is 0.410. The summed E-state index contributed by atoms with van der Waals surface area (Å²) in [7, 11) is 0. The predicted octanol–water partition coefficient (Wildman–Crippen LogP) is 4.37. The van der Waals surface area contributed by atoms with Gasteiger partial charge in [-0.15, -0.1) is 0 Å². The van der Waals surface area contributed by atoms with Gasteiger partial charge in [0.15, 0.2) is 0 Å². The summed E-state index contributed by atoms with van der Waals surface area (Å²) >= 11 is 0. The molecule has 2 aromatic carbocycles. The zero-order valence-electron chi connectivity index (χ0n) is 18.7. The molecule has 0 spiro atoms. The summed E-state index contributed by atoms with van der Waals surface area (Å²) in [5.41, 5.74) is 4.27. The first-order chi connectivity index (χ1) is 15.7. The zero-order chi connectivity index (χ0) is 22.3. The Balaban J connectivity index is 1.60. The lowest BCUT2D eigenvalue weighted by molar-refractivity contribution is -0.134. The fraction of sp³-hybridized carbons (Fsp3) is 0.333. The van der Waals surface area contributed by atoms with E-state index in [9.17, 15) is 9.90 Å². The van der Waals surface area contributed by atoms with E-state index in [1.807, 2.05) is 47.5 Å². The van der Waals surface area contributed by atoms with Gasteiger partial charge in [-0.05, 0) is 36.1 Å². The molecule has 1 atom stereocenters. The minimum absolute atomic E-state index is 0.132. The molecule has 0 aliphatic carbocycles. The molecule has 1 aliphatic rings. The highest BCUT2D eigenvalue weighted by Gasteiger charge is 2.31. The van der Waals surface area contributed by atoms with Crippen LogP contribution in [0.2, 0.25) is 0 Å². The number of carbonyl (C=O) groups excluding carboxylic acids is 1. The fourth-order valence-corrected chi connectivity index (χ4v) is 4.55. The van der Waals surface area contributed by atoms with E-state index in [4.69, 9.17) is 0 Å². The number of phenolic OH excluding ortho intramolecular Hbond substituents is 1. The van der Waals surface area contributed by atoms with E-state index >= 15 is 0 Å². The number of benzene rings is 2. The number of aromatic nitrogens is 1. The Labute approximate surface area is 190 Å². The highest BCUT2D eigenvalue weighted by atomic mass is 16.3. The molecule has 166 valence electrons. The number of pyridine rings is 1. The average Bonchev–Trinajstić information content (AvgIpc) is 2.96. The third kappa shape index (κ3) is 5.17. The first-order valence-electron chi connectivity index (χ1n) is 11.4. The van der Waals surface area contributed by atoms with Crippen molar-refractivity contribution in [1.29, 1.82) is 0 Å². The van der Waals surface area contributed by atoms with E-state index in [1.165, 1.54) is 5.56 Å². The van der Waals surface area contributed by atoms with Crippen molar-refractivity contribution in [2.45, 2.75) is 26.3 Å². The maximum Gasteiger partial charge on any atom is 0.227 e. The highest BCUT2D eigenvalue weighted by Crippen LogP contribution is 2.27. The van der Waals surface area contributed by atoms with Crippen LogP contribution in [-0.2, 0) is 17.8 Å². The topological polar surface area (TPSA) is 56.7 Å². The lowest BCUT2D eigenvalue weighted by atomic mass is 9.91. The van der Waals surface area contributed by atoms with Crippen LogP contribution in [0.5, 0.6) is 5.75 Å². The van der Waals surface area contributed by atoms with Gasteiger partial charge in [0.25, 0.3) is 0 Å². The van der Waals surface area contributed by atoms with Crippen LogP contribution < -0.4 is 0 Å². The summed E-state index contributed by atoms with van der Waals surface area (Å²) in [6, 6.07) is 19.8. The van der Waals surface area contributed by atoms with E-state index < -0.39 is 0 Å². The molecule has 1 saturated heterocycles. The Morgan fingerprint density at radius 1 is 1.00 bits per heavy atom. The third-order valence-corrected chi connectivity index (χ3v) is 6.16. The lowest BCUT2D eigenvalue weighted by Crippen LogP contribution is -2.37. The van der Waals surface area contributed by atoms with Crippen LogP contribution in [0.1, 0.15) is 24.5 Å². The first-order valence-corrected chi connectivity index (χ1v) is 11.4. The molecule has 2 heterocycles. The van der Waals surface area contributed by atoms with Crippen molar-refractivity contribution in [3.63, 3.8) is 0 Å². The van der Waals surface area contributed by atoms with Crippen molar-refractivity contribution in [2.75, 3.05) is 26.2 Å². The van der Waals surface area contributed by atoms with E-state index in [0.717, 1.165) is 42.7 Å². The second-order valence-electron chi connectivity index (χ2n) is 8.49. The molecule has 1 amide bonds. The van der Waals surface area contributed by atoms with Gasteiger partial charge >= 0.3 is 0 Å². The van der Waals surface area contributed by atoms with Gasteiger partial charge in [0.1, 0.15) is 5.75 Å². The number of para-hydroxylation sites is 1. The summed E-state index contributed by atoms with van der Waals surface area (Å²) in [6.45, 7) is 5.74. The Bertz CT molecular complexity index is 1040. The second kappa shape index (κ2) is 10.4. The number of rotatable bonds is 7. The van der Waals surface area contributed by atoms with Crippen LogP contribution in [0, 0.1) is 5.92 Å². The quantitative estimate of drug-likeness (QED) is 0.606. The Morgan fingerprint density at radius 2 is 1.78 bits per heavy atom. The summed E-state index contributed by atoms with van der Waals surface area (Å²) < 4.78 is 0. The van der Waals surface area contributed by atoms with Crippen LogP contribution in [0.3, 0.4) is 0 Å². The van der Waals surface area contributed by atoms with Crippen molar-refractivity contribution in [1.82, 2.24) is 14.8 Å². The van der Waals surface area contributed by atoms with E-state index in [0.29, 0.717) is 25.3 Å². The average molecular weight is 430 g/mol. The van der Waals surface area contributed by atoms with Gasteiger partial charge < -0.3 is 10.0 Å². The number of phenols is 1. The van der Waals surface area contributed by atoms with Crippen LogP contribution in [0.15, 0.2) is 73.1 Å². The van der Waals surface area contributed by atoms with Gasteiger partial charge in [0.05, 0.1) is 5.92 Å². The molecule has 32 heavy (non-hydrogen) atoms. The molecule has 1 N–H and O–H groups in total. The van der Waals surface area contributed by atoms with Crippen molar-refractivity contribution in [3.05, 3.63) is 84.2 Å². The molecular weight excluding hydrogens is 398 g/mol. The second-order valence-corrected chi connectivity index (χ2v) is 8.49. The molecular formula is C27H31N3O2. The number of carbonyl (C=O) groups is 1. The third-order valence-electron chi connectivity index (χ3n) is 6.16. The zero-order valence-corrected chi connectivity index (χ0v) is 18.7. The van der Waals surface area contributed by atoms with E-state index in [-0.39, 0.29) is 11.8 Å². The fourth-order valence-electron chi connectivity index (χ4n) is 4.55. The molecule has 0 radical (unpaired) electrons. The number of amides is 1. The monoisotopic (exact) mass is 429 g/mol. The van der Waals surface area contributed by atoms with Crippen LogP contribution in [0.4, 0.5) is 0 Å². The first kappa shape index (κ1) is 22.0. The normalized spacial score (nSPS) is 17.3. The van der Waals surface area contributed by atoms with Crippen LogP contribution >= 0.6 is 0 Å². The molecule has 0 unspecified atom stereocenters. The Kier molecular flexibility index (Phi) is 7.17. The molecule has 5 nitrogen and oxygen atoms in total. The van der Waals surface area contributed by atoms with Gasteiger partial charge in [-0.3, -0.25) is 14.7 Å². The summed E-state index contributed by atoms with van der Waals surface area (Å²) in [5, 5.41) is 10.3. The van der Waals surface area contributed by atoms with Crippen molar-refractivity contribution in [3.8, 4) is 16.9 Å². The molecule has 1 aliphatic heterocycles. The smallest absolute Gasteiger partial charge is 0.227 e. The highest BCUT2D eigenvalue weighted by molar-refractivity contribution is 5.80. The summed E-state index contributed by atoms with van der Waals surface area (Å²) in [6.07, 6.45) is 5.29. The van der Waals surface area contributed by atoms with Crippen molar-refractivity contribution in [2.24, 2.45) is 5.92 Å². The predicted molar refractivity (Wildman–Crippen MR) is 127 cm³/mol.